The normalized spacial score (nSPS) is 24.0. The van der Waals surface area contributed by atoms with Crippen LogP contribution >= 0.6 is 0 Å². The Bertz CT molecular complexity index is 612. The lowest BCUT2D eigenvalue weighted by molar-refractivity contribution is -0.118. The van der Waals surface area contributed by atoms with Crippen LogP contribution in [0.25, 0.3) is 0 Å². The maximum atomic E-state index is 12.2. The van der Waals surface area contributed by atoms with Crippen molar-refractivity contribution in [3.63, 3.8) is 0 Å². The molecule has 1 aromatic carbocycles. The minimum absolute atomic E-state index is 0.00664. The van der Waals surface area contributed by atoms with Crippen molar-refractivity contribution < 1.29 is 14.7 Å². The summed E-state index contributed by atoms with van der Waals surface area (Å²) in [7, 11) is 0. The van der Waals surface area contributed by atoms with Gasteiger partial charge in [-0.05, 0) is 56.6 Å². The van der Waals surface area contributed by atoms with Gasteiger partial charge in [0.15, 0.2) is 0 Å². The highest BCUT2D eigenvalue weighted by Crippen LogP contribution is 2.16. The lowest BCUT2D eigenvalue weighted by Gasteiger charge is -2.19. The third kappa shape index (κ3) is 5.52. The van der Waals surface area contributed by atoms with Crippen molar-refractivity contribution in [3.8, 4) is 0 Å². The van der Waals surface area contributed by atoms with Gasteiger partial charge in [-0.1, -0.05) is 12.8 Å². The molecule has 2 amide bonds. The molecule has 2 heterocycles. The van der Waals surface area contributed by atoms with Gasteiger partial charge in [-0.15, -0.1) is 0 Å². The summed E-state index contributed by atoms with van der Waals surface area (Å²) in [5.41, 5.74) is 1.39. The number of aliphatic hydroxyl groups is 1. The van der Waals surface area contributed by atoms with Crippen LogP contribution in [0.15, 0.2) is 24.3 Å². The number of hydrogen-bond acceptors (Lipinski definition) is 5. The Morgan fingerprint density at radius 3 is 2.23 bits per heavy atom. The predicted octanol–water partition coefficient (Wildman–Crippen LogP) is 1.16. The Balaban J connectivity index is 1.46. The van der Waals surface area contributed by atoms with Gasteiger partial charge in [0.2, 0.25) is 11.8 Å². The van der Waals surface area contributed by atoms with E-state index in [9.17, 15) is 14.7 Å². The quantitative estimate of drug-likeness (QED) is 0.632. The van der Waals surface area contributed by atoms with E-state index in [1.165, 1.54) is 12.8 Å². The highest BCUT2D eigenvalue weighted by atomic mass is 16.3. The molecule has 0 aliphatic carbocycles. The zero-order valence-electron chi connectivity index (χ0n) is 15.0. The fourth-order valence-electron chi connectivity index (χ4n) is 3.48. The van der Waals surface area contributed by atoms with E-state index in [0.717, 1.165) is 31.6 Å². The number of anilines is 2. The number of carbonyl (C=O) groups excluding carboxylic acids is 2. The number of likely N-dealkylation sites (tertiary alicyclic amines) is 1. The van der Waals surface area contributed by atoms with E-state index in [-0.39, 0.29) is 17.9 Å². The topological polar surface area (TPSA) is 93.7 Å². The number of hydrogen-bond donors (Lipinski definition) is 4. The van der Waals surface area contributed by atoms with E-state index in [1.807, 2.05) is 0 Å². The van der Waals surface area contributed by atoms with E-state index >= 15 is 0 Å². The molecule has 2 unspecified atom stereocenters. The highest BCUT2D eigenvalue weighted by molar-refractivity contribution is 5.96. The summed E-state index contributed by atoms with van der Waals surface area (Å²) in [4.78, 5) is 26.5. The fourth-order valence-corrected chi connectivity index (χ4v) is 3.48. The van der Waals surface area contributed by atoms with Gasteiger partial charge in [-0.2, -0.15) is 0 Å². The fraction of sp³-hybridized carbons (Fsp3) is 0.579. The Morgan fingerprint density at radius 1 is 1.04 bits per heavy atom. The Hall–Kier alpha value is -1.96. The average molecular weight is 360 g/mol. The molecule has 4 N–H and O–H groups in total. The van der Waals surface area contributed by atoms with Crippen LogP contribution in [0, 0.1) is 0 Å². The summed E-state index contributed by atoms with van der Waals surface area (Å²) in [5, 5.41) is 18.2. The van der Waals surface area contributed by atoms with E-state index in [0.29, 0.717) is 25.2 Å². The van der Waals surface area contributed by atoms with Gasteiger partial charge in [0.1, 0.15) is 0 Å². The van der Waals surface area contributed by atoms with E-state index in [4.69, 9.17) is 0 Å². The summed E-state index contributed by atoms with van der Waals surface area (Å²) < 4.78 is 0. The molecule has 2 aliphatic rings. The average Bonchev–Trinajstić information content (AvgIpc) is 2.90. The Morgan fingerprint density at radius 2 is 1.65 bits per heavy atom. The summed E-state index contributed by atoms with van der Waals surface area (Å²) in [6, 6.07) is 6.74. The van der Waals surface area contributed by atoms with Crippen molar-refractivity contribution in [2.45, 2.75) is 44.2 Å². The van der Waals surface area contributed by atoms with Gasteiger partial charge in [-0.25, -0.2) is 0 Å². The van der Waals surface area contributed by atoms with Crippen molar-refractivity contribution in [2.24, 2.45) is 0 Å². The second-order valence-corrected chi connectivity index (χ2v) is 7.16. The molecule has 1 aromatic rings. The van der Waals surface area contributed by atoms with Crippen molar-refractivity contribution >= 4 is 23.2 Å². The van der Waals surface area contributed by atoms with Crippen molar-refractivity contribution in [3.05, 3.63) is 24.3 Å². The van der Waals surface area contributed by atoms with Gasteiger partial charge in [0.05, 0.1) is 18.7 Å². The predicted molar refractivity (Wildman–Crippen MR) is 101 cm³/mol. The van der Waals surface area contributed by atoms with E-state index < -0.39 is 6.10 Å². The van der Waals surface area contributed by atoms with Crippen LogP contribution < -0.4 is 16.0 Å². The van der Waals surface area contributed by atoms with Crippen LogP contribution in [0.3, 0.4) is 0 Å². The molecule has 0 bridgehead atoms. The SMILES string of the molecule is O=C(CN1CCCCCC1)Nc1ccc(NC(=O)C2CC(O)CN2)cc1. The lowest BCUT2D eigenvalue weighted by atomic mass is 10.2. The molecule has 3 rings (SSSR count). The maximum Gasteiger partial charge on any atom is 0.241 e. The summed E-state index contributed by atoms with van der Waals surface area (Å²) in [6.45, 7) is 2.85. The number of nitrogens with one attached hydrogen (secondary N) is 3. The van der Waals surface area contributed by atoms with Crippen LogP contribution in [-0.2, 0) is 9.59 Å². The second kappa shape index (κ2) is 9.12. The molecule has 7 heteroatoms. The molecule has 26 heavy (non-hydrogen) atoms. The van der Waals surface area contributed by atoms with E-state index in [1.54, 1.807) is 24.3 Å². The first-order valence-electron chi connectivity index (χ1n) is 9.45. The van der Waals surface area contributed by atoms with Gasteiger partial charge in [0, 0.05) is 17.9 Å². The number of β-amino-alcohol motifs (C(OH)–C–C–N with tert-alkyl or cyclic N) is 1. The van der Waals surface area contributed by atoms with Crippen LogP contribution in [0.5, 0.6) is 0 Å². The summed E-state index contributed by atoms with van der Waals surface area (Å²) in [6.07, 6.45) is 4.79. The molecule has 0 spiro atoms. The number of rotatable bonds is 5. The third-order valence-electron chi connectivity index (χ3n) is 4.93. The first kappa shape index (κ1) is 18.8. The van der Waals surface area contributed by atoms with Crippen molar-refractivity contribution in [1.82, 2.24) is 10.2 Å². The summed E-state index contributed by atoms with van der Waals surface area (Å²) in [5.74, 6) is -0.160. The molecule has 2 fully saturated rings. The number of aliphatic hydroxyl groups excluding tert-OH is 1. The number of carbonyl (C=O) groups is 2. The minimum atomic E-state index is -0.465. The summed E-state index contributed by atoms with van der Waals surface area (Å²) >= 11 is 0. The molecule has 0 aromatic heterocycles. The number of amides is 2. The van der Waals surface area contributed by atoms with Crippen LogP contribution in [0.4, 0.5) is 11.4 Å². The van der Waals surface area contributed by atoms with Crippen LogP contribution in [0.1, 0.15) is 32.1 Å². The first-order valence-corrected chi connectivity index (χ1v) is 9.45. The smallest absolute Gasteiger partial charge is 0.241 e. The standard InChI is InChI=1S/C19H28N4O3/c24-16-11-17(20-12-16)19(26)22-15-7-5-14(6-8-15)21-18(25)13-23-9-3-1-2-4-10-23/h5-8,16-17,20,24H,1-4,9-13H2,(H,21,25)(H,22,26). The zero-order valence-corrected chi connectivity index (χ0v) is 15.0. The van der Waals surface area contributed by atoms with Gasteiger partial charge < -0.3 is 21.1 Å². The van der Waals surface area contributed by atoms with Gasteiger partial charge >= 0.3 is 0 Å². The number of nitrogens with zero attached hydrogens (tertiary/aromatic N) is 1. The molecular formula is C19H28N4O3. The Labute approximate surface area is 154 Å². The van der Waals surface area contributed by atoms with Crippen LogP contribution in [0.2, 0.25) is 0 Å². The maximum absolute atomic E-state index is 12.2. The largest absolute Gasteiger partial charge is 0.392 e. The minimum Gasteiger partial charge on any atom is -0.392 e. The molecular weight excluding hydrogens is 332 g/mol. The molecule has 7 nitrogen and oxygen atoms in total. The van der Waals surface area contributed by atoms with Crippen molar-refractivity contribution in [1.29, 1.82) is 0 Å². The number of benzene rings is 1. The monoisotopic (exact) mass is 360 g/mol. The van der Waals surface area contributed by atoms with Crippen LogP contribution in [-0.4, -0.2) is 60.1 Å². The van der Waals surface area contributed by atoms with Gasteiger partial charge in [-0.3, -0.25) is 14.5 Å². The van der Waals surface area contributed by atoms with E-state index in [2.05, 4.69) is 20.9 Å². The molecule has 0 saturated carbocycles. The Kier molecular flexibility index (Phi) is 6.60. The van der Waals surface area contributed by atoms with Crippen molar-refractivity contribution in [2.75, 3.05) is 36.8 Å². The molecule has 2 aliphatic heterocycles. The molecule has 2 saturated heterocycles. The molecule has 2 atom stereocenters. The zero-order chi connectivity index (χ0) is 18.4. The second-order valence-electron chi connectivity index (χ2n) is 7.16. The first-order chi connectivity index (χ1) is 12.6. The molecule has 0 radical (unpaired) electrons. The third-order valence-corrected chi connectivity index (χ3v) is 4.93. The highest BCUT2D eigenvalue weighted by Gasteiger charge is 2.27. The molecule has 142 valence electrons. The lowest BCUT2D eigenvalue weighted by Crippen LogP contribution is -2.35. The van der Waals surface area contributed by atoms with Gasteiger partial charge in [0.25, 0.3) is 0 Å².